The van der Waals surface area contributed by atoms with Crippen LogP contribution in [0.2, 0.25) is 0 Å². The third-order valence-electron chi connectivity index (χ3n) is 4.39. The maximum Gasteiger partial charge on any atom is 0.339 e. The van der Waals surface area contributed by atoms with E-state index < -0.39 is 51.9 Å². The number of carbonyl (C=O) groups excluding carboxylic acids is 3. The minimum absolute atomic E-state index is 0.160. The van der Waals surface area contributed by atoms with Crippen LogP contribution in [-0.4, -0.2) is 67.0 Å². The number of amides is 3. The summed E-state index contributed by atoms with van der Waals surface area (Å²) in [7, 11) is 0. The first kappa shape index (κ1) is 20.7. The van der Waals surface area contributed by atoms with Gasteiger partial charge in [-0.15, -0.1) is 11.8 Å². The van der Waals surface area contributed by atoms with Gasteiger partial charge in [0.2, 0.25) is 11.4 Å². The Morgan fingerprint density at radius 1 is 1.30 bits per heavy atom. The topological polar surface area (TPSA) is 153 Å². The van der Waals surface area contributed by atoms with E-state index in [1.807, 2.05) is 0 Å². The van der Waals surface area contributed by atoms with Crippen LogP contribution in [0.5, 0.6) is 0 Å². The van der Waals surface area contributed by atoms with Crippen molar-refractivity contribution in [1.29, 1.82) is 0 Å². The Morgan fingerprint density at radius 3 is 2.41 bits per heavy atom. The monoisotopic (exact) mass is 399 g/mol. The Bertz CT molecular complexity index is 738. The summed E-state index contributed by atoms with van der Waals surface area (Å²) in [6, 6.07) is -1.07. The molecule has 2 aliphatic rings. The van der Waals surface area contributed by atoms with E-state index in [1.165, 1.54) is 11.1 Å². The van der Waals surface area contributed by atoms with Crippen LogP contribution in [0.1, 0.15) is 33.6 Å². The minimum atomic E-state index is -2.20. The molecule has 0 aromatic carbocycles. The van der Waals surface area contributed by atoms with Crippen LogP contribution in [0, 0.1) is 0 Å². The summed E-state index contributed by atoms with van der Waals surface area (Å²) in [5.74, 6) is -4.77. The number of carbonyl (C=O) groups is 5. The molecular weight excluding hydrogens is 378 g/mol. The smallest absolute Gasteiger partial charge is 0.339 e. The highest BCUT2D eigenvalue weighted by Gasteiger charge is 2.55. The molecule has 1 fully saturated rings. The van der Waals surface area contributed by atoms with Crippen LogP contribution >= 0.6 is 11.8 Å². The van der Waals surface area contributed by atoms with Crippen LogP contribution in [-0.2, 0) is 24.0 Å². The molecule has 1 saturated heterocycles. The number of hydrogen-bond donors (Lipinski definition) is 4. The zero-order chi connectivity index (χ0) is 20.5. The summed E-state index contributed by atoms with van der Waals surface area (Å²) in [5, 5.41) is 21.9. The van der Waals surface area contributed by atoms with E-state index in [-0.39, 0.29) is 6.42 Å². The molecule has 3 amide bonds. The Hall–Kier alpha value is -2.56. The highest BCUT2D eigenvalue weighted by Crippen LogP contribution is 2.40. The molecule has 0 spiro atoms. The Balaban J connectivity index is 2.23. The van der Waals surface area contributed by atoms with E-state index in [1.54, 1.807) is 13.8 Å². The van der Waals surface area contributed by atoms with Crippen molar-refractivity contribution < 1.29 is 34.2 Å². The fourth-order valence-corrected chi connectivity index (χ4v) is 4.43. The summed E-state index contributed by atoms with van der Waals surface area (Å²) in [5.41, 5.74) is -1.70. The van der Waals surface area contributed by atoms with E-state index in [0.717, 1.165) is 18.7 Å². The second kappa shape index (κ2) is 7.59. The molecule has 0 bridgehead atoms. The standard InChI is InChI=1S/C16H21N3O7S/c1-4-5-16(15(25)26,18-8(3)20)14(24)17-9-11(21)19-6-7(2)10(13(22)23)27-12(9)19/h6,9-10,12H,4-5H2,1-3H3,(H,17,24)(H,18,20)(H,22,23)(H,25,26)/t9?,10?,12-,16?/m1/s1. The molecule has 0 saturated carbocycles. The predicted molar refractivity (Wildman–Crippen MR) is 94.4 cm³/mol. The van der Waals surface area contributed by atoms with Gasteiger partial charge in [0.05, 0.1) is 0 Å². The lowest BCUT2D eigenvalue weighted by Crippen LogP contribution is -2.73. The van der Waals surface area contributed by atoms with Crippen molar-refractivity contribution in [2.75, 3.05) is 0 Å². The van der Waals surface area contributed by atoms with E-state index in [9.17, 15) is 34.2 Å². The summed E-state index contributed by atoms with van der Waals surface area (Å²) >= 11 is 0.985. The second-order valence-electron chi connectivity index (χ2n) is 6.46. The van der Waals surface area contributed by atoms with Crippen LogP contribution in [0.25, 0.3) is 0 Å². The van der Waals surface area contributed by atoms with Crippen molar-refractivity contribution >= 4 is 41.4 Å². The van der Waals surface area contributed by atoms with Crippen LogP contribution in [0.4, 0.5) is 0 Å². The zero-order valence-electron chi connectivity index (χ0n) is 15.0. The molecule has 27 heavy (non-hydrogen) atoms. The molecule has 0 aliphatic carbocycles. The van der Waals surface area contributed by atoms with E-state index >= 15 is 0 Å². The van der Waals surface area contributed by atoms with Gasteiger partial charge in [-0.1, -0.05) is 13.3 Å². The molecule has 0 radical (unpaired) electrons. The minimum Gasteiger partial charge on any atom is -0.480 e. The molecule has 0 aromatic rings. The number of nitrogens with one attached hydrogen (secondary N) is 2. The van der Waals surface area contributed by atoms with E-state index in [4.69, 9.17) is 0 Å². The number of thioether (sulfide) groups is 1. The summed E-state index contributed by atoms with van der Waals surface area (Å²) < 4.78 is 0. The number of rotatable bonds is 7. The third kappa shape index (κ3) is 3.64. The average Bonchev–Trinajstić information content (AvgIpc) is 2.57. The van der Waals surface area contributed by atoms with Gasteiger partial charge < -0.3 is 25.7 Å². The first-order chi connectivity index (χ1) is 12.5. The number of β-lactam (4-membered cyclic amide) rings is 1. The van der Waals surface area contributed by atoms with Gasteiger partial charge >= 0.3 is 11.9 Å². The number of aliphatic carboxylic acids is 2. The Kier molecular flexibility index (Phi) is 5.83. The van der Waals surface area contributed by atoms with Gasteiger partial charge in [-0.05, 0) is 18.9 Å². The summed E-state index contributed by atoms with van der Waals surface area (Å²) in [6.07, 6.45) is 1.56. The van der Waals surface area contributed by atoms with Crippen LogP contribution < -0.4 is 10.6 Å². The summed E-state index contributed by atoms with van der Waals surface area (Å²) in [6.45, 7) is 4.35. The van der Waals surface area contributed by atoms with Crippen molar-refractivity contribution in [3.63, 3.8) is 0 Å². The molecular formula is C16H21N3O7S. The summed E-state index contributed by atoms with van der Waals surface area (Å²) in [4.78, 5) is 60.9. The van der Waals surface area contributed by atoms with Gasteiger partial charge in [0.25, 0.3) is 11.8 Å². The SMILES string of the molecule is CCCC(NC(C)=O)(C(=O)O)C(=O)NC1C(=O)N2C=C(C)C(C(=O)O)S[C@H]12. The van der Waals surface area contributed by atoms with E-state index in [2.05, 4.69) is 10.6 Å². The highest BCUT2D eigenvalue weighted by atomic mass is 32.2. The lowest BCUT2D eigenvalue weighted by molar-refractivity contribution is -0.156. The second-order valence-corrected chi connectivity index (χ2v) is 7.68. The van der Waals surface area contributed by atoms with Crippen molar-refractivity contribution in [2.45, 2.75) is 55.8 Å². The first-order valence-corrected chi connectivity index (χ1v) is 9.21. The molecule has 148 valence electrons. The molecule has 3 unspecified atom stereocenters. The van der Waals surface area contributed by atoms with Crippen LogP contribution in [0.15, 0.2) is 11.8 Å². The number of carboxylic acids is 2. The number of hydrogen-bond acceptors (Lipinski definition) is 6. The molecule has 0 aromatic heterocycles. The largest absolute Gasteiger partial charge is 0.480 e. The fraction of sp³-hybridized carbons (Fsp3) is 0.562. The van der Waals surface area contributed by atoms with Gasteiger partial charge in [-0.2, -0.15) is 0 Å². The van der Waals surface area contributed by atoms with Crippen molar-refractivity contribution in [1.82, 2.24) is 15.5 Å². The number of nitrogens with zero attached hydrogens (tertiary/aromatic N) is 1. The number of carboxylic acid groups (broad SMARTS) is 2. The fourth-order valence-electron chi connectivity index (χ4n) is 3.12. The highest BCUT2D eigenvalue weighted by molar-refractivity contribution is 8.01. The third-order valence-corrected chi connectivity index (χ3v) is 6.01. The Morgan fingerprint density at radius 2 is 1.93 bits per heavy atom. The lowest BCUT2D eigenvalue weighted by atomic mass is 9.91. The lowest BCUT2D eigenvalue weighted by Gasteiger charge is -2.49. The van der Waals surface area contributed by atoms with Gasteiger partial charge in [-0.3, -0.25) is 19.2 Å². The maximum atomic E-state index is 12.7. The van der Waals surface area contributed by atoms with Crippen molar-refractivity contribution in [3.8, 4) is 0 Å². The molecule has 2 rings (SSSR count). The first-order valence-electron chi connectivity index (χ1n) is 8.27. The van der Waals surface area contributed by atoms with Crippen molar-refractivity contribution in [2.24, 2.45) is 0 Å². The van der Waals surface area contributed by atoms with E-state index in [0.29, 0.717) is 12.0 Å². The normalized spacial score (nSPS) is 26.0. The van der Waals surface area contributed by atoms with Crippen LogP contribution in [0.3, 0.4) is 0 Å². The Labute approximate surface area is 159 Å². The molecule has 2 aliphatic heterocycles. The molecule has 2 heterocycles. The molecule has 10 nitrogen and oxygen atoms in total. The van der Waals surface area contributed by atoms with Crippen molar-refractivity contribution in [3.05, 3.63) is 11.8 Å². The molecule has 11 heteroatoms. The molecule has 4 N–H and O–H groups in total. The van der Waals surface area contributed by atoms with Gasteiger partial charge in [0, 0.05) is 13.1 Å². The van der Waals surface area contributed by atoms with Gasteiger partial charge in [-0.25, -0.2) is 4.79 Å². The number of fused-ring (bicyclic) bond motifs is 1. The quantitative estimate of drug-likeness (QED) is 0.330. The van der Waals surface area contributed by atoms with Gasteiger partial charge in [0.15, 0.2) is 0 Å². The van der Waals surface area contributed by atoms with Gasteiger partial charge in [0.1, 0.15) is 16.7 Å². The molecule has 4 atom stereocenters. The zero-order valence-corrected chi connectivity index (χ0v) is 15.8. The maximum absolute atomic E-state index is 12.7. The average molecular weight is 399 g/mol. The predicted octanol–water partition coefficient (Wildman–Crippen LogP) is -0.497.